The van der Waals surface area contributed by atoms with E-state index in [2.05, 4.69) is 0 Å². The average Bonchev–Trinajstić information content (AvgIpc) is 3.03. The number of quaternary nitrogens is 1. The third-order valence-electron chi connectivity index (χ3n) is 5.60. The molecule has 1 saturated heterocycles. The van der Waals surface area contributed by atoms with Crippen LogP contribution in [0.2, 0.25) is 0 Å². The van der Waals surface area contributed by atoms with Gasteiger partial charge in [-0.15, -0.1) is 0 Å². The number of benzene rings is 2. The van der Waals surface area contributed by atoms with E-state index in [0.29, 0.717) is 17.9 Å². The van der Waals surface area contributed by atoms with Gasteiger partial charge < -0.3 is 19.6 Å². The Kier molecular flexibility index (Phi) is 7.36. The Balaban J connectivity index is 2.12. The van der Waals surface area contributed by atoms with Crippen molar-refractivity contribution in [1.29, 1.82) is 0 Å². The number of amides is 1. The van der Waals surface area contributed by atoms with Crippen molar-refractivity contribution in [3.8, 4) is 5.75 Å². The Morgan fingerprint density at radius 3 is 2.32 bits per heavy atom. The van der Waals surface area contributed by atoms with Crippen LogP contribution in [0.25, 0.3) is 5.76 Å². The van der Waals surface area contributed by atoms with Gasteiger partial charge >= 0.3 is 0 Å². The number of likely N-dealkylation sites (tertiary alicyclic amines) is 1. The number of non-ortho nitro benzene ring substituents is 1. The molecule has 1 aliphatic heterocycles. The first-order valence-corrected chi connectivity index (χ1v) is 11.1. The zero-order chi connectivity index (χ0) is 25.2. The number of nitrogens with zero attached hydrogens (tertiary/aromatic N) is 2. The summed E-state index contributed by atoms with van der Waals surface area (Å²) in [4.78, 5) is 39.0. The van der Waals surface area contributed by atoms with Crippen LogP contribution in [0.15, 0.2) is 48.0 Å². The lowest BCUT2D eigenvalue weighted by Crippen LogP contribution is -3.06. The molecule has 0 aromatic heterocycles. The van der Waals surface area contributed by atoms with E-state index in [1.54, 1.807) is 25.1 Å². The summed E-state index contributed by atoms with van der Waals surface area (Å²) in [6.07, 6.45) is -0.0393. The highest BCUT2D eigenvalue weighted by Gasteiger charge is 2.44. The molecule has 0 saturated carbocycles. The molecule has 1 fully saturated rings. The molecule has 9 nitrogen and oxygen atoms in total. The van der Waals surface area contributed by atoms with Crippen LogP contribution in [-0.2, 0) is 9.59 Å². The largest absolute Gasteiger partial charge is 0.872 e. The number of likely N-dealkylation sites (N-methyl/N-ethyl adjacent to an activating group) is 1. The number of rotatable bonds is 8. The van der Waals surface area contributed by atoms with Gasteiger partial charge in [-0.25, -0.2) is 0 Å². The number of hydrogen-bond acceptors (Lipinski definition) is 6. The van der Waals surface area contributed by atoms with E-state index < -0.39 is 28.4 Å². The number of aryl methyl sites for hydroxylation is 1. The summed E-state index contributed by atoms with van der Waals surface area (Å²) in [6.45, 7) is 6.42. The van der Waals surface area contributed by atoms with Crippen LogP contribution in [0, 0.1) is 17.0 Å². The molecule has 9 heteroatoms. The van der Waals surface area contributed by atoms with Crippen LogP contribution in [-0.4, -0.2) is 54.8 Å². The SMILES string of the molecule is Cc1cc(C([O-])=C2C(=O)C(=O)N(CC[NH+](C)C)C2c2ccc([N+](=O)[O-])cc2)ccc1OC(C)C. The number of nitro benzene ring substituents is 1. The van der Waals surface area contributed by atoms with Gasteiger partial charge in [-0.05, 0) is 61.7 Å². The maximum absolute atomic E-state index is 13.5. The Morgan fingerprint density at radius 2 is 1.79 bits per heavy atom. The van der Waals surface area contributed by atoms with E-state index in [1.807, 2.05) is 27.9 Å². The van der Waals surface area contributed by atoms with E-state index in [0.717, 1.165) is 10.5 Å². The number of hydrogen-bond donors (Lipinski definition) is 1. The van der Waals surface area contributed by atoms with Crippen molar-refractivity contribution >= 4 is 23.1 Å². The summed E-state index contributed by atoms with van der Waals surface area (Å²) < 4.78 is 5.73. The van der Waals surface area contributed by atoms with E-state index in [1.165, 1.54) is 29.2 Å². The minimum atomic E-state index is -0.917. The fourth-order valence-electron chi connectivity index (χ4n) is 3.90. The van der Waals surface area contributed by atoms with Gasteiger partial charge in [-0.2, -0.15) is 0 Å². The number of ketones is 1. The summed E-state index contributed by atoms with van der Waals surface area (Å²) in [5, 5.41) is 24.6. The number of Topliss-reactive ketones (excluding diaryl/α,β-unsaturated/α-hetero) is 1. The normalized spacial score (nSPS) is 17.6. The zero-order valence-corrected chi connectivity index (χ0v) is 20.0. The van der Waals surface area contributed by atoms with Crippen LogP contribution in [0.3, 0.4) is 0 Å². The second-order valence-electron chi connectivity index (χ2n) is 8.93. The molecule has 1 amide bonds. The van der Waals surface area contributed by atoms with Crippen molar-refractivity contribution in [2.75, 3.05) is 27.2 Å². The Labute approximate surface area is 198 Å². The summed E-state index contributed by atoms with van der Waals surface area (Å²) >= 11 is 0. The molecule has 0 spiro atoms. The quantitative estimate of drug-likeness (QED) is 0.204. The number of ether oxygens (including phenoxy) is 1. The highest BCUT2D eigenvalue weighted by atomic mass is 16.6. The molecule has 0 radical (unpaired) electrons. The molecule has 1 N–H and O–H groups in total. The summed E-state index contributed by atoms with van der Waals surface area (Å²) in [7, 11) is 3.84. The number of nitrogens with one attached hydrogen (secondary N) is 1. The minimum absolute atomic E-state index is 0.0393. The van der Waals surface area contributed by atoms with Gasteiger partial charge in [0.25, 0.3) is 11.6 Å². The van der Waals surface area contributed by atoms with Crippen LogP contribution in [0.4, 0.5) is 5.69 Å². The molecule has 1 atom stereocenters. The van der Waals surface area contributed by atoms with Gasteiger partial charge in [0, 0.05) is 17.7 Å². The molecule has 1 heterocycles. The molecule has 2 aromatic rings. The number of nitro groups is 1. The smallest absolute Gasteiger partial charge is 0.295 e. The monoisotopic (exact) mass is 467 g/mol. The molecular weight excluding hydrogens is 438 g/mol. The van der Waals surface area contributed by atoms with E-state index in [9.17, 15) is 24.8 Å². The van der Waals surface area contributed by atoms with Crippen LogP contribution in [0.5, 0.6) is 5.75 Å². The third kappa shape index (κ3) is 5.09. The van der Waals surface area contributed by atoms with Crippen molar-refractivity contribution in [2.24, 2.45) is 0 Å². The highest BCUT2D eigenvalue weighted by molar-refractivity contribution is 6.46. The predicted octanol–water partition coefficient (Wildman–Crippen LogP) is 1.06. The fourth-order valence-corrected chi connectivity index (χ4v) is 3.90. The van der Waals surface area contributed by atoms with E-state index in [-0.39, 0.29) is 29.5 Å². The van der Waals surface area contributed by atoms with Crippen molar-refractivity contribution in [3.05, 3.63) is 74.8 Å². The molecule has 34 heavy (non-hydrogen) atoms. The maximum atomic E-state index is 13.5. The second-order valence-corrected chi connectivity index (χ2v) is 8.93. The number of carbonyl (C=O) groups excluding carboxylic acids is 2. The number of carbonyl (C=O) groups is 2. The lowest BCUT2D eigenvalue weighted by Gasteiger charge is -2.28. The average molecular weight is 468 g/mol. The minimum Gasteiger partial charge on any atom is -0.872 e. The van der Waals surface area contributed by atoms with Gasteiger partial charge in [0.2, 0.25) is 5.78 Å². The van der Waals surface area contributed by atoms with Gasteiger partial charge in [0.15, 0.2) is 0 Å². The van der Waals surface area contributed by atoms with Gasteiger partial charge in [-0.3, -0.25) is 19.7 Å². The zero-order valence-electron chi connectivity index (χ0n) is 20.0. The van der Waals surface area contributed by atoms with Crippen LogP contribution < -0.4 is 14.7 Å². The molecule has 1 unspecified atom stereocenters. The first-order valence-electron chi connectivity index (χ1n) is 11.1. The topological polar surface area (TPSA) is 117 Å². The summed E-state index contributed by atoms with van der Waals surface area (Å²) in [5.41, 5.74) is 1.21. The van der Waals surface area contributed by atoms with E-state index >= 15 is 0 Å². The molecule has 0 bridgehead atoms. The summed E-state index contributed by atoms with van der Waals surface area (Å²) in [5.74, 6) is -1.50. The first-order chi connectivity index (χ1) is 16.0. The Morgan fingerprint density at radius 1 is 1.15 bits per heavy atom. The molecule has 1 aliphatic rings. The first kappa shape index (κ1) is 24.9. The Hall–Kier alpha value is -3.72. The lowest BCUT2D eigenvalue weighted by atomic mass is 9.94. The molecule has 180 valence electrons. The van der Waals surface area contributed by atoms with Crippen molar-refractivity contribution < 1.29 is 29.3 Å². The van der Waals surface area contributed by atoms with Gasteiger partial charge in [0.05, 0.1) is 44.3 Å². The van der Waals surface area contributed by atoms with Crippen molar-refractivity contribution in [1.82, 2.24) is 4.90 Å². The molecule has 0 aliphatic carbocycles. The fraction of sp³-hybridized carbons (Fsp3) is 0.360. The van der Waals surface area contributed by atoms with Crippen LogP contribution >= 0.6 is 0 Å². The standard InChI is InChI=1S/C25H29N3O6/c1-15(2)34-20-11-8-18(14-16(20)3)23(29)21-22(17-6-9-19(10-7-17)28(32)33)27(13-12-26(4)5)25(31)24(21)30/h6-11,14-15,22,29H,12-13H2,1-5H3. The highest BCUT2D eigenvalue weighted by Crippen LogP contribution is 2.39. The maximum Gasteiger partial charge on any atom is 0.295 e. The van der Waals surface area contributed by atoms with E-state index in [4.69, 9.17) is 4.74 Å². The van der Waals surface area contributed by atoms with Crippen molar-refractivity contribution in [3.63, 3.8) is 0 Å². The van der Waals surface area contributed by atoms with Gasteiger partial charge in [-0.1, -0.05) is 11.8 Å². The summed E-state index contributed by atoms with van der Waals surface area (Å²) in [6, 6.07) is 9.58. The molecule has 2 aromatic carbocycles. The third-order valence-corrected chi connectivity index (χ3v) is 5.60. The predicted molar refractivity (Wildman–Crippen MR) is 124 cm³/mol. The van der Waals surface area contributed by atoms with Gasteiger partial charge in [0.1, 0.15) is 5.75 Å². The Bertz CT molecular complexity index is 1140. The van der Waals surface area contributed by atoms with Crippen LogP contribution in [0.1, 0.15) is 36.6 Å². The lowest BCUT2D eigenvalue weighted by molar-refractivity contribution is -0.857. The molecule has 3 rings (SSSR count). The van der Waals surface area contributed by atoms with Crippen molar-refractivity contribution in [2.45, 2.75) is 32.9 Å². The molecular formula is C25H29N3O6. The second kappa shape index (κ2) is 10.0.